The van der Waals surface area contributed by atoms with Crippen molar-refractivity contribution in [3.8, 4) is 0 Å². The summed E-state index contributed by atoms with van der Waals surface area (Å²) in [6, 6.07) is 0. The first-order chi connectivity index (χ1) is 12.4. The van der Waals surface area contributed by atoms with Gasteiger partial charge in [-0.2, -0.15) is 0 Å². The molecule has 0 aromatic heterocycles. The minimum absolute atomic E-state index is 0.0545. The molecule has 1 N–H and O–H groups in total. The number of hydrogen-bond donors (Lipinski definition) is 1. The van der Waals surface area contributed by atoms with Crippen LogP contribution in [0.25, 0.3) is 0 Å². The summed E-state index contributed by atoms with van der Waals surface area (Å²) in [5.41, 5.74) is 2.09. The minimum atomic E-state index is -0.130. The molecule has 0 aromatic rings. The first-order valence-electron chi connectivity index (χ1n) is 11.0. The fourth-order valence-corrected chi connectivity index (χ4v) is 8.43. The van der Waals surface area contributed by atoms with Crippen LogP contribution in [0.1, 0.15) is 71.6 Å². The lowest BCUT2D eigenvalue weighted by Gasteiger charge is -2.61. The molecule has 0 aromatic carbocycles. The fraction of sp³-hybridized carbons (Fsp3) is 0.870. The van der Waals surface area contributed by atoms with Crippen molar-refractivity contribution in [2.45, 2.75) is 77.7 Å². The highest BCUT2D eigenvalue weighted by Crippen LogP contribution is 2.68. The molecular formula is C23H34O3. The van der Waals surface area contributed by atoms with E-state index >= 15 is 0 Å². The number of cyclic esters (lactones) is 1. The van der Waals surface area contributed by atoms with Gasteiger partial charge in [-0.05, 0) is 104 Å². The zero-order valence-electron chi connectivity index (χ0n) is 16.4. The van der Waals surface area contributed by atoms with Gasteiger partial charge in [-0.25, -0.2) is 4.79 Å². The van der Waals surface area contributed by atoms with Gasteiger partial charge in [0.05, 0.1) is 6.10 Å². The second-order valence-electron chi connectivity index (χ2n) is 10.6. The van der Waals surface area contributed by atoms with Crippen molar-refractivity contribution < 1.29 is 14.6 Å². The van der Waals surface area contributed by atoms with E-state index in [1.54, 1.807) is 6.08 Å². The van der Waals surface area contributed by atoms with Crippen molar-refractivity contribution in [2.24, 2.45) is 40.4 Å². The third-order valence-electron chi connectivity index (χ3n) is 9.77. The van der Waals surface area contributed by atoms with Crippen LogP contribution in [-0.4, -0.2) is 23.8 Å². The van der Waals surface area contributed by atoms with E-state index < -0.39 is 0 Å². The lowest BCUT2D eigenvalue weighted by Crippen LogP contribution is -2.54. The smallest absolute Gasteiger partial charge is 0.331 e. The van der Waals surface area contributed by atoms with E-state index in [9.17, 15) is 9.90 Å². The van der Waals surface area contributed by atoms with Crippen LogP contribution < -0.4 is 0 Å². The Kier molecular flexibility index (Phi) is 3.88. The summed E-state index contributed by atoms with van der Waals surface area (Å²) in [6.45, 7) is 5.62. The van der Waals surface area contributed by atoms with Gasteiger partial charge in [0.15, 0.2) is 0 Å². The molecule has 8 atom stereocenters. The third-order valence-corrected chi connectivity index (χ3v) is 9.77. The van der Waals surface area contributed by atoms with Crippen LogP contribution in [0.4, 0.5) is 0 Å². The second-order valence-corrected chi connectivity index (χ2v) is 10.6. The molecule has 1 aliphatic heterocycles. The van der Waals surface area contributed by atoms with E-state index in [1.165, 1.54) is 50.5 Å². The van der Waals surface area contributed by atoms with Gasteiger partial charge in [-0.1, -0.05) is 13.8 Å². The summed E-state index contributed by atoms with van der Waals surface area (Å²) in [5, 5.41) is 10.2. The Hall–Kier alpha value is -0.830. The Morgan fingerprint density at radius 3 is 2.54 bits per heavy atom. The summed E-state index contributed by atoms with van der Waals surface area (Å²) in [6.07, 6.45) is 12.9. The van der Waals surface area contributed by atoms with Gasteiger partial charge in [0.2, 0.25) is 0 Å². The van der Waals surface area contributed by atoms with Crippen molar-refractivity contribution in [1.82, 2.24) is 0 Å². The zero-order chi connectivity index (χ0) is 18.1. The molecule has 3 heteroatoms. The molecule has 0 saturated heterocycles. The molecule has 5 aliphatic rings. The Morgan fingerprint density at radius 2 is 1.77 bits per heavy atom. The fourth-order valence-electron chi connectivity index (χ4n) is 8.43. The lowest BCUT2D eigenvalue weighted by atomic mass is 9.44. The molecule has 0 unspecified atom stereocenters. The van der Waals surface area contributed by atoms with Crippen molar-refractivity contribution >= 4 is 5.97 Å². The molecule has 144 valence electrons. The number of rotatable bonds is 1. The Morgan fingerprint density at radius 1 is 1.00 bits per heavy atom. The van der Waals surface area contributed by atoms with Gasteiger partial charge in [-0.3, -0.25) is 0 Å². The third kappa shape index (κ3) is 2.31. The number of aliphatic hydroxyl groups is 1. The Labute approximate surface area is 157 Å². The van der Waals surface area contributed by atoms with E-state index in [0.717, 1.165) is 36.5 Å². The maximum absolute atomic E-state index is 11.6. The Balaban J connectivity index is 1.41. The molecule has 0 amide bonds. The summed E-state index contributed by atoms with van der Waals surface area (Å²) in [7, 11) is 0. The maximum Gasteiger partial charge on any atom is 0.331 e. The average molecular weight is 359 g/mol. The van der Waals surface area contributed by atoms with Crippen molar-refractivity contribution in [3.05, 3.63) is 11.6 Å². The number of carbonyl (C=O) groups is 1. The number of aliphatic hydroxyl groups excluding tert-OH is 1. The van der Waals surface area contributed by atoms with Gasteiger partial charge >= 0.3 is 5.97 Å². The molecule has 0 radical (unpaired) electrons. The molecule has 26 heavy (non-hydrogen) atoms. The van der Waals surface area contributed by atoms with E-state index in [2.05, 4.69) is 13.8 Å². The van der Waals surface area contributed by atoms with Crippen LogP contribution in [0.5, 0.6) is 0 Å². The van der Waals surface area contributed by atoms with Gasteiger partial charge in [0.25, 0.3) is 0 Å². The normalized spacial score (nSPS) is 53.3. The van der Waals surface area contributed by atoms with E-state index in [1.807, 2.05) is 0 Å². The van der Waals surface area contributed by atoms with Gasteiger partial charge in [-0.15, -0.1) is 0 Å². The van der Waals surface area contributed by atoms with Crippen LogP contribution in [0.2, 0.25) is 0 Å². The van der Waals surface area contributed by atoms with Crippen LogP contribution in [0.3, 0.4) is 0 Å². The molecule has 4 fully saturated rings. The SMILES string of the molecule is C[C@]12CC[C@H](O)C[C@H]1CC[C@H]1[C@H]3CC[C@H](C4=CC(=O)OC4)[C@@]3(C)CC[C@@H]12. The molecule has 4 aliphatic carbocycles. The molecule has 3 nitrogen and oxygen atoms in total. The predicted octanol–water partition coefficient (Wildman–Crippen LogP) is 4.49. The Bertz CT molecular complexity index is 639. The highest BCUT2D eigenvalue weighted by Gasteiger charge is 2.60. The number of fused-ring (bicyclic) bond motifs is 5. The second kappa shape index (κ2) is 5.83. The molecule has 0 spiro atoms. The first-order valence-corrected chi connectivity index (χ1v) is 11.0. The number of carbonyl (C=O) groups excluding carboxylic acids is 1. The number of esters is 1. The van der Waals surface area contributed by atoms with Crippen LogP contribution in [-0.2, 0) is 9.53 Å². The highest BCUT2D eigenvalue weighted by molar-refractivity contribution is 5.85. The van der Waals surface area contributed by atoms with E-state index in [0.29, 0.717) is 23.4 Å². The molecule has 4 saturated carbocycles. The predicted molar refractivity (Wildman–Crippen MR) is 100 cm³/mol. The van der Waals surface area contributed by atoms with Gasteiger partial charge in [0.1, 0.15) is 6.61 Å². The maximum atomic E-state index is 11.6. The minimum Gasteiger partial charge on any atom is -0.458 e. The number of hydrogen-bond acceptors (Lipinski definition) is 3. The molecule has 1 heterocycles. The average Bonchev–Trinajstić information content (AvgIpc) is 3.18. The monoisotopic (exact) mass is 358 g/mol. The summed E-state index contributed by atoms with van der Waals surface area (Å²) >= 11 is 0. The summed E-state index contributed by atoms with van der Waals surface area (Å²) in [4.78, 5) is 11.6. The van der Waals surface area contributed by atoms with E-state index in [-0.39, 0.29) is 12.1 Å². The first kappa shape index (κ1) is 17.3. The topological polar surface area (TPSA) is 46.5 Å². The zero-order valence-corrected chi connectivity index (χ0v) is 16.4. The largest absolute Gasteiger partial charge is 0.458 e. The van der Waals surface area contributed by atoms with E-state index in [4.69, 9.17) is 4.74 Å². The lowest BCUT2D eigenvalue weighted by molar-refractivity contribution is -0.135. The van der Waals surface area contributed by atoms with Crippen molar-refractivity contribution in [1.29, 1.82) is 0 Å². The van der Waals surface area contributed by atoms with Crippen molar-refractivity contribution in [2.75, 3.05) is 6.61 Å². The van der Waals surface area contributed by atoms with Crippen molar-refractivity contribution in [3.63, 3.8) is 0 Å². The molecule has 5 rings (SSSR count). The highest BCUT2D eigenvalue weighted by atomic mass is 16.5. The van der Waals surface area contributed by atoms with Gasteiger partial charge in [0, 0.05) is 6.08 Å². The van der Waals surface area contributed by atoms with Crippen LogP contribution in [0.15, 0.2) is 11.6 Å². The van der Waals surface area contributed by atoms with Crippen LogP contribution in [0, 0.1) is 40.4 Å². The van der Waals surface area contributed by atoms with Gasteiger partial charge < -0.3 is 9.84 Å². The summed E-state index contributed by atoms with van der Waals surface area (Å²) in [5.74, 6) is 3.67. The van der Waals surface area contributed by atoms with Crippen LogP contribution >= 0.6 is 0 Å². The summed E-state index contributed by atoms with van der Waals surface area (Å²) < 4.78 is 5.25. The molecular weight excluding hydrogens is 324 g/mol. The number of ether oxygens (including phenoxy) is 1. The quantitative estimate of drug-likeness (QED) is 0.703. The molecule has 0 bridgehead atoms. The standard InChI is InChI=1S/C23H34O3/c1-22-9-7-16(24)12-15(22)3-4-17-19-6-5-18(14-11-21(25)26-13-14)23(19,2)10-8-20(17)22/h11,15-20,24H,3-10,12-13H2,1-2H3/t15-,16+,17+,18-,19-,20+,22+,23-/m1/s1.